The summed E-state index contributed by atoms with van der Waals surface area (Å²) in [5.74, 6) is -1.10. The molecule has 1 heterocycles. The van der Waals surface area contributed by atoms with Gasteiger partial charge in [-0.15, -0.1) is 11.3 Å². The van der Waals surface area contributed by atoms with E-state index in [1.807, 2.05) is 0 Å². The molecule has 0 bridgehead atoms. The fourth-order valence-electron chi connectivity index (χ4n) is 1.27. The van der Waals surface area contributed by atoms with Gasteiger partial charge in [0.15, 0.2) is 10.8 Å². The number of carboxylic acid groups (broad SMARTS) is 1. The number of aromatic nitrogens is 1. The smallest absolute Gasteiger partial charge is 0.355 e. The fraction of sp³-hybridized carbons (Fsp3) is 0.0909. The van der Waals surface area contributed by atoms with Gasteiger partial charge in [-0.25, -0.2) is 14.2 Å². The second-order valence-electron chi connectivity index (χ2n) is 3.31. The molecule has 0 aliphatic carbocycles. The molecule has 0 fully saturated rings. The zero-order chi connectivity index (χ0) is 13.1. The van der Waals surface area contributed by atoms with Gasteiger partial charge < -0.3 is 15.2 Å². The van der Waals surface area contributed by atoms with Crippen molar-refractivity contribution in [2.24, 2.45) is 0 Å². The van der Waals surface area contributed by atoms with E-state index in [-0.39, 0.29) is 11.4 Å². The summed E-state index contributed by atoms with van der Waals surface area (Å²) in [6.07, 6.45) is 0. The van der Waals surface area contributed by atoms with Crippen LogP contribution in [0.3, 0.4) is 0 Å². The number of nitrogens with zero attached hydrogens (tertiary/aromatic N) is 1. The van der Waals surface area contributed by atoms with Gasteiger partial charge in [-0.05, 0) is 12.1 Å². The van der Waals surface area contributed by atoms with Crippen LogP contribution in [0.1, 0.15) is 10.5 Å². The van der Waals surface area contributed by atoms with Gasteiger partial charge in [0, 0.05) is 11.4 Å². The highest BCUT2D eigenvalue weighted by molar-refractivity contribution is 7.14. The Bertz CT molecular complexity index is 585. The molecule has 0 unspecified atom stereocenters. The molecule has 0 radical (unpaired) electrons. The van der Waals surface area contributed by atoms with E-state index >= 15 is 0 Å². The predicted molar refractivity (Wildman–Crippen MR) is 65.3 cm³/mol. The summed E-state index contributed by atoms with van der Waals surface area (Å²) < 4.78 is 18.5. The lowest BCUT2D eigenvalue weighted by atomic mass is 10.3. The highest BCUT2D eigenvalue weighted by Gasteiger charge is 2.10. The van der Waals surface area contributed by atoms with Crippen LogP contribution in [0, 0.1) is 5.82 Å². The van der Waals surface area contributed by atoms with Crippen molar-refractivity contribution in [2.75, 3.05) is 12.4 Å². The molecule has 1 aromatic heterocycles. The van der Waals surface area contributed by atoms with Gasteiger partial charge in [-0.3, -0.25) is 0 Å². The molecule has 1 aromatic carbocycles. The van der Waals surface area contributed by atoms with Crippen LogP contribution in [-0.2, 0) is 0 Å². The molecule has 0 saturated heterocycles. The largest absolute Gasteiger partial charge is 0.497 e. The number of methoxy groups -OCH3 is 1. The van der Waals surface area contributed by atoms with Gasteiger partial charge in [-0.2, -0.15) is 0 Å². The first kappa shape index (κ1) is 12.3. The Balaban J connectivity index is 2.24. The molecule has 94 valence electrons. The number of halogens is 1. The second-order valence-corrected chi connectivity index (χ2v) is 4.17. The molecule has 0 amide bonds. The quantitative estimate of drug-likeness (QED) is 0.892. The molecule has 0 saturated carbocycles. The summed E-state index contributed by atoms with van der Waals surface area (Å²) in [6, 6.07) is 4.22. The Hall–Kier alpha value is -2.15. The lowest BCUT2D eigenvalue weighted by Crippen LogP contribution is -1.98. The molecule has 2 N–H and O–H groups in total. The molecule has 7 heteroatoms. The minimum Gasteiger partial charge on any atom is -0.497 e. The minimum absolute atomic E-state index is 0.0780. The normalized spacial score (nSPS) is 10.1. The third-order valence-electron chi connectivity index (χ3n) is 2.14. The molecule has 0 aliphatic rings. The number of thiazole rings is 1. The molecule has 0 aliphatic heterocycles. The van der Waals surface area contributed by atoms with Crippen LogP contribution in [0.5, 0.6) is 5.75 Å². The van der Waals surface area contributed by atoms with Crippen molar-refractivity contribution in [2.45, 2.75) is 0 Å². The van der Waals surface area contributed by atoms with E-state index in [9.17, 15) is 9.18 Å². The number of hydrogen-bond acceptors (Lipinski definition) is 5. The monoisotopic (exact) mass is 268 g/mol. The van der Waals surface area contributed by atoms with Gasteiger partial charge in [0.2, 0.25) is 0 Å². The van der Waals surface area contributed by atoms with E-state index in [0.717, 1.165) is 11.3 Å². The highest BCUT2D eigenvalue weighted by Crippen LogP contribution is 2.26. The van der Waals surface area contributed by atoms with Crippen LogP contribution < -0.4 is 10.1 Å². The summed E-state index contributed by atoms with van der Waals surface area (Å²) in [7, 11) is 1.48. The van der Waals surface area contributed by atoms with E-state index in [1.54, 1.807) is 0 Å². The van der Waals surface area contributed by atoms with E-state index in [1.165, 1.54) is 30.7 Å². The van der Waals surface area contributed by atoms with Crippen molar-refractivity contribution in [3.05, 3.63) is 35.1 Å². The summed E-state index contributed by atoms with van der Waals surface area (Å²) in [5, 5.41) is 13.1. The van der Waals surface area contributed by atoms with Gasteiger partial charge in [-0.1, -0.05) is 0 Å². The molecule has 5 nitrogen and oxygen atoms in total. The maximum absolute atomic E-state index is 13.5. The standard InChI is InChI=1S/C11H9FN2O3S/c1-17-6-2-3-7(12)8(4-6)13-11-14-9(5-18-11)10(15)16/h2-5H,1H3,(H,13,14)(H,15,16). The van der Waals surface area contributed by atoms with Crippen LogP contribution in [0.4, 0.5) is 15.2 Å². The first-order chi connectivity index (χ1) is 8.60. The van der Waals surface area contributed by atoms with Crippen molar-refractivity contribution in [1.29, 1.82) is 0 Å². The number of carbonyl (C=O) groups is 1. The van der Waals surface area contributed by atoms with Crippen LogP contribution >= 0.6 is 11.3 Å². The third-order valence-corrected chi connectivity index (χ3v) is 2.90. The average Bonchev–Trinajstić information content (AvgIpc) is 2.81. The minimum atomic E-state index is -1.12. The topological polar surface area (TPSA) is 71.5 Å². The number of nitrogens with one attached hydrogen (secondary N) is 1. The fourth-order valence-corrected chi connectivity index (χ4v) is 1.97. The average molecular weight is 268 g/mol. The Morgan fingerprint density at radius 1 is 1.56 bits per heavy atom. The van der Waals surface area contributed by atoms with E-state index in [2.05, 4.69) is 10.3 Å². The maximum Gasteiger partial charge on any atom is 0.355 e. The summed E-state index contributed by atoms with van der Waals surface area (Å²) in [4.78, 5) is 14.5. The number of ether oxygens (including phenoxy) is 1. The zero-order valence-electron chi connectivity index (χ0n) is 9.31. The number of hydrogen-bond donors (Lipinski definition) is 2. The number of aromatic carboxylic acids is 1. The van der Waals surface area contributed by atoms with E-state index in [4.69, 9.17) is 9.84 Å². The van der Waals surface area contributed by atoms with Gasteiger partial charge in [0.05, 0.1) is 12.8 Å². The number of rotatable bonds is 4. The molecular formula is C11H9FN2O3S. The first-order valence-corrected chi connectivity index (χ1v) is 5.77. The second kappa shape index (κ2) is 5.01. The Labute approximate surface area is 106 Å². The van der Waals surface area contributed by atoms with Crippen LogP contribution in [0.15, 0.2) is 23.6 Å². The SMILES string of the molecule is COc1ccc(F)c(Nc2nc(C(=O)O)cs2)c1. The molecule has 18 heavy (non-hydrogen) atoms. The highest BCUT2D eigenvalue weighted by atomic mass is 32.1. The van der Waals surface area contributed by atoms with Crippen molar-refractivity contribution in [3.63, 3.8) is 0 Å². The van der Waals surface area contributed by atoms with Gasteiger partial charge in [0.1, 0.15) is 11.6 Å². The number of anilines is 2. The first-order valence-electron chi connectivity index (χ1n) is 4.89. The maximum atomic E-state index is 13.5. The Morgan fingerprint density at radius 3 is 2.94 bits per heavy atom. The van der Waals surface area contributed by atoms with E-state index < -0.39 is 11.8 Å². The van der Waals surface area contributed by atoms with Crippen LogP contribution in [0.25, 0.3) is 0 Å². The van der Waals surface area contributed by atoms with E-state index in [0.29, 0.717) is 10.9 Å². The van der Waals surface area contributed by atoms with Crippen molar-refractivity contribution in [1.82, 2.24) is 4.98 Å². The number of benzene rings is 1. The van der Waals surface area contributed by atoms with Crippen molar-refractivity contribution >= 4 is 28.1 Å². The van der Waals surface area contributed by atoms with Gasteiger partial charge in [0.25, 0.3) is 0 Å². The molecule has 2 aromatic rings. The Kier molecular flexibility index (Phi) is 3.42. The van der Waals surface area contributed by atoms with Crippen LogP contribution in [-0.4, -0.2) is 23.2 Å². The Morgan fingerprint density at radius 2 is 2.33 bits per heavy atom. The van der Waals surface area contributed by atoms with Crippen molar-refractivity contribution in [3.8, 4) is 5.75 Å². The lowest BCUT2D eigenvalue weighted by Gasteiger charge is -2.06. The zero-order valence-corrected chi connectivity index (χ0v) is 10.1. The predicted octanol–water partition coefficient (Wildman–Crippen LogP) is 2.73. The van der Waals surface area contributed by atoms with Gasteiger partial charge >= 0.3 is 5.97 Å². The summed E-state index contributed by atoms with van der Waals surface area (Å²) in [6.45, 7) is 0. The molecule has 2 rings (SSSR count). The lowest BCUT2D eigenvalue weighted by molar-refractivity contribution is 0.0691. The molecule has 0 spiro atoms. The summed E-state index contributed by atoms with van der Waals surface area (Å²) >= 11 is 1.08. The molecular weight excluding hydrogens is 259 g/mol. The van der Waals surface area contributed by atoms with Crippen LogP contribution in [0.2, 0.25) is 0 Å². The molecule has 0 atom stereocenters. The summed E-state index contributed by atoms with van der Waals surface area (Å²) in [5.41, 5.74) is 0.103. The third kappa shape index (κ3) is 2.57. The van der Waals surface area contributed by atoms with Crippen molar-refractivity contribution < 1.29 is 19.0 Å². The number of carboxylic acids is 1.